The average Bonchev–Trinajstić information content (AvgIpc) is 2.33. The van der Waals surface area contributed by atoms with Crippen LogP contribution in [0.15, 0.2) is 17.0 Å². The second-order valence-electron chi connectivity index (χ2n) is 4.16. The summed E-state index contributed by atoms with van der Waals surface area (Å²) < 4.78 is 26.4. The molecular weight excluding hydrogens is 284 g/mol. The van der Waals surface area contributed by atoms with Crippen LogP contribution in [-0.4, -0.2) is 25.8 Å². The molecule has 0 fully saturated rings. The number of hydrogen-bond acceptors (Lipinski definition) is 3. The Morgan fingerprint density at radius 1 is 1.47 bits per heavy atom. The monoisotopic (exact) mass is 300 g/mol. The third-order valence-electron chi connectivity index (χ3n) is 2.72. The van der Waals surface area contributed by atoms with Gasteiger partial charge in [0.1, 0.15) is 0 Å². The van der Waals surface area contributed by atoms with E-state index < -0.39 is 10.0 Å². The van der Waals surface area contributed by atoms with Crippen molar-refractivity contribution in [2.24, 2.45) is 0 Å². The maximum Gasteiger partial charge on any atom is 0.244 e. The largest absolute Gasteiger partial charge is 0.398 e. The van der Waals surface area contributed by atoms with Gasteiger partial charge in [0.2, 0.25) is 10.0 Å². The topological polar surface area (TPSA) is 63.4 Å². The number of nitrogens with two attached hydrogens (primary N) is 1. The molecular formula is C13H17ClN2O2S. The molecule has 0 heterocycles. The normalized spacial score (nSPS) is 11.5. The van der Waals surface area contributed by atoms with Gasteiger partial charge in [0.15, 0.2) is 0 Å². The predicted molar refractivity (Wildman–Crippen MR) is 78.5 cm³/mol. The molecule has 0 aromatic heterocycles. The summed E-state index contributed by atoms with van der Waals surface area (Å²) in [6.07, 6.45) is 5.90. The minimum atomic E-state index is -3.67. The Kier molecular flexibility index (Phi) is 5.24. The number of anilines is 1. The van der Waals surface area contributed by atoms with Crippen molar-refractivity contribution < 1.29 is 8.42 Å². The van der Waals surface area contributed by atoms with Crippen LogP contribution >= 0.6 is 11.6 Å². The Labute approximate surface area is 119 Å². The maximum atomic E-state index is 12.6. The molecule has 0 aliphatic rings. The molecule has 0 amide bonds. The van der Waals surface area contributed by atoms with Crippen molar-refractivity contribution in [1.82, 2.24) is 4.31 Å². The summed E-state index contributed by atoms with van der Waals surface area (Å²) in [6.45, 7) is 3.93. The minimum absolute atomic E-state index is 0.0298. The maximum absolute atomic E-state index is 12.6. The molecule has 1 rings (SSSR count). The van der Waals surface area contributed by atoms with Crippen LogP contribution in [0.25, 0.3) is 0 Å². The zero-order valence-electron chi connectivity index (χ0n) is 11.0. The second-order valence-corrected chi connectivity index (χ2v) is 6.50. The lowest BCUT2D eigenvalue weighted by Gasteiger charge is -2.21. The van der Waals surface area contributed by atoms with E-state index >= 15 is 0 Å². The van der Waals surface area contributed by atoms with Crippen molar-refractivity contribution >= 4 is 27.3 Å². The zero-order valence-corrected chi connectivity index (χ0v) is 12.6. The van der Waals surface area contributed by atoms with Crippen LogP contribution in [0.4, 0.5) is 5.69 Å². The Morgan fingerprint density at radius 2 is 2.11 bits per heavy atom. The summed E-state index contributed by atoms with van der Waals surface area (Å²) in [7, 11) is -3.67. The molecule has 19 heavy (non-hydrogen) atoms. The first-order valence-corrected chi connectivity index (χ1v) is 7.65. The first kappa shape index (κ1) is 15.8. The van der Waals surface area contributed by atoms with Crippen molar-refractivity contribution in [3.8, 4) is 12.3 Å². The van der Waals surface area contributed by atoms with Gasteiger partial charge in [-0.3, -0.25) is 0 Å². The Balaban J connectivity index is 3.37. The molecule has 6 heteroatoms. The summed E-state index contributed by atoms with van der Waals surface area (Å²) in [4.78, 5) is 0.112. The molecule has 4 nitrogen and oxygen atoms in total. The first-order chi connectivity index (χ1) is 8.84. The van der Waals surface area contributed by atoms with E-state index in [1.165, 1.54) is 16.4 Å². The smallest absolute Gasteiger partial charge is 0.244 e. The molecule has 0 saturated carbocycles. The molecule has 0 radical (unpaired) electrons. The quantitative estimate of drug-likeness (QED) is 0.670. The van der Waals surface area contributed by atoms with E-state index in [1.54, 1.807) is 6.92 Å². The van der Waals surface area contributed by atoms with Crippen LogP contribution in [0.2, 0.25) is 5.02 Å². The molecule has 0 atom stereocenters. The predicted octanol–water partition coefficient (Wildman–Crippen LogP) is 2.26. The van der Waals surface area contributed by atoms with Crippen LogP contribution in [0, 0.1) is 19.3 Å². The highest BCUT2D eigenvalue weighted by molar-refractivity contribution is 7.89. The molecule has 104 valence electrons. The van der Waals surface area contributed by atoms with Crippen LogP contribution in [0.3, 0.4) is 0 Å². The van der Waals surface area contributed by atoms with Gasteiger partial charge in [0.05, 0.1) is 11.4 Å². The number of nitrogens with zero attached hydrogens (tertiary/aromatic N) is 1. The Bertz CT molecular complexity index is 606. The van der Waals surface area contributed by atoms with Crippen molar-refractivity contribution in [1.29, 1.82) is 0 Å². The lowest BCUT2D eigenvalue weighted by molar-refractivity contribution is 0.445. The zero-order chi connectivity index (χ0) is 14.6. The van der Waals surface area contributed by atoms with Crippen molar-refractivity contribution in [2.45, 2.75) is 25.2 Å². The minimum Gasteiger partial charge on any atom is -0.398 e. The van der Waals surface area contributed by atoms with Gasteiger partial charge < -0.3 is 5.73 Å². The van der Waals surface area contributed by atoms with Crippen molar-refractivity contribution in [3.63, 3.8) is 0 Å². The number of benzene rings is 1. The molecule has 0 saturated heterocycles. The van der Waals surface area contributed by atoms with Gasteiger partial charge in [0, 0.05) is 17.3 Å². The van der Waals surface area contributed by atoms with E-state index in [4.69, 9.17) is 23.8 Å². The average molecular weight is 301 g/mol. The van der Waals surface area contributed by atoms with Crippen LogP contribution in [0.1, 0.15) is 18.9 Å². The molecule has 1 aromatic carbocycles. The van der Waals surface area contributed by atoms with Crippen LogP contribution < -0.4 is 5.73 Å². The van der Waals surface area contributed by atoms with Gasteiger partial charge in [-0.2, -0.15) is 4.31 Å². The van der Waals surface area contributed by atoms with E-state index in [9.17, 15) is 8.42 Å². The lowest BCUT2D eigenvalue weighted by atomic mass is 10.2. The third-order valence-corrected chi connectivity index (χ3v) is 4.91. The van der Waals surface area contributed by atoms with Crippen LogP contribution in [-0.2, 0) is 10.0 Å². The third kappa shape index (κ3) is 3.41. The number of sulfonamides is 1. The van der Waals surface area contributed by atoms with E-state index in [1.807, 2.05) is 6.92 Å². The van der Waals surface area contributed by atoms with Gasteiger partial charge in [-0.25, -0.2) is 8.42 Å². The number of terminal acetylenes is 1. The summed E-state index contributed by atoms with van der Waals surface area (Å²) >= 11 is 5.88. The van der Waals surface area contributed by atoms with Crippen molar-refractivity contribution in [2.75, 3.05) is 18.8 Å². The van der Waals surface area contributed by atoms with E-state index in [2.05, 4.69) is 5.92 Å². The van der Waals surface area contributed by atoms with E-state index in [-0.39, 0.29) is 11.4 Å². The molecule has 0 aliphatic heterocycles. The summed E-state index contributed by atoms with van der Waals surface area (Å²) in [5, 5.41) is 0.291. The van der Waals surface area contributed by atoms with Gasteiger partial charge >= 0.3 is 0 Å². The first-order valence-electron chi connectivity index (χ1n) is 5.83. The Hall–Kier alpha value is -1.22. The molecule has 0 bridgehead atoms. The summed E-state index contributed by atoms with van der Waals surface area (Å²) in [5.74, 6) is 2.36. The number of rotatable bonds is 5. The SMILES string of the molecule is C#CCN(CCC)S(=O)(=O)c1cc(Cl)cc(N)c1C. The second kappa shape index (κ2) is 6.29. The fraction of sp³-hybridized carbons (Fsp3) is 0.385. The fourth-order valence-corrected chi connectivity index (χ4v) is 3.73. The van der Waals surface area contributed by atoms with E-state index in [0.29, 0.717) is 29.2 Å². The Morgan fingerprint density at radius 3 is 2.63 bits per heavy atom. The standard InChI is InChI=1S/C13H17ClN2O2S/c1-4-6-16(7-5-2)19(17,18)13-9-11(14)8-12(15)10(13)3/h1,8-9H,5-7,15H2,2-3H3. The highest BCUT2D eigenvalue weighted by Gasteiger charge is 2.26. The molecule has 1 aromatic rings. The van der Waals surface area contributed by atoms with Gasteiger partial charge in [-0.15, -0.1) is 6.42 Å². The molecule has 0 aliphatic carbocycles. The highest BCUT2D eigenvalue weighted by Crippen LogP contribution is 2.28. The highest BCUT2D eigenvalue weighted by atomic mass is 35.5. The van der Waals surface area contributed by atoms with Crippen molar-refractivity contribution in [3.05, 3.63) is 22.7 Å². The van der Waals surface area contributed by atoms with Gasteiger partial charge in [0.25, 0.3) is 0 Å². The molecule has 0 unspecified atom stereocenters. The van der Waals surface area contributed by atoms with E-state index in [0.717, 1.165) is 0 Å². The number of hydrogen-bond donors (Lipinski definition) is 1. The van der Waals surface area contributed by atoms with Gasteiger partial charge in [-0.05, 0) is 31.0 Å². The number of halogens is 1. The van der Waals surface area contributed by atoms with Crippen LogP contribution in [0.5, 0.6) is 0 Å². The number of nitrogen functional groups attached to an aromatic ring is 1. The summed E-state index contributed by atoms with van der Waals surface area (Å²) in [6, 6.07) is 2.93. The molecule has 0 spiro atoms. The fourth-order valence-electron chi connectivity index (χ4n) is 1.72. The summed E-state index contributed by atoms with van der Waals surface area (Å²) in [5.41, 5.74) is 6.60. The lowest BCUT2D eigenvalue weighted by Crippen LogP contribution is -2.32. The molecule has 2 N–H and O–H groups in total. The van der Waals surface area contributed by atoms with Gasteiger partial charge in [-0.1, -0.05) is 24.4 Å².